The van der Waals surface area contributed by atoms with Gasteiger partial charge in [0.2, 0.25) is 0 Å². The lowest BCUT2D eigenvalue weighted by Gasteiger charge is -1.66. The molecule has 0 spiro atoms. The zero-order chi connectivity index (χ0) is 9.86. The van der Waals surface area contributed by atoms with Crippen molar-refractivity contribution in [2.45, 2.75) is 48.0 Å². The molecule has 2 unspecified atom stereocenters. The van der Waals surface area contributed by atoms with Crippen LogP contribution in [0.2, 0.25) is 0 Å². The van der Waals surface area contributed by atoms with Crippen LogP contribution in [0.3, 0.4) is 0 Å². The molecule has 0 aromatic carbocycles. The number of rotatable bonds is 0. The molecule has 0 N–H and O–H groups in total. The summed E-state index contributed by atoms with van der Waals surface area (Å²) >= 11 is 0. The predicted molar refractivity (Wildman–Crippen MR) is 56.9 cm³/mol. The van der Waals surface area contributed by atoms with Gasteiger partial charge in [0.15, 0.2) is 0 Å². The summed E-state index contributed by atoms with van der Waals surface area (Å²) in [4.78, 5) is 0. The lowest BCUT2D eigenvalue weighted by Crippen LogP contribution is -1.58. The Balaban J connectivity index is -0.0000000933. The van der Waals surface area contributed by atoms with E-state index in [4.69, 9.17) is 0 Å². The van der Waals surface area contributed by atoms with Gasteiger partial charge in [-0.15, -0.1) is 13.2 Å². The van der Waals surface area contributed by atoms with E-state index in [-0.39, 0.29) is 0 Å². The first-order valence-electron chi connectivity index (χ1n) is 4.80. The molecule has 1 rings (SSSR count). The Morgan fingerprint density at radius 2 is 0.909 bits per heavy atom. The van der Waals surface area contributed by atoms with Gasteiger partial charge in [0.1, 0.15) is 0 Å². The van der Waals surface area contributed by atoms with Crippen LogP contribution in [0.5, 0.6) is 0 Å². The van der Waals surface area contributed by atoms with Crippen LogP contribution in [-0.2, 0) is 0 Å². The van der Waals surface area contributed by atoms with E-state index in [1.807, 2.05) is 27.7 Å². The molecule has 0 nitrogen and oxygen atoms in total. The Hall–Kier alpha value is -0.260. The van der Waals surface area contributed by atoms with Crippen LogP contribution < -0.4 is 0 Å². The number of hydrogen-bond donors (Lipinski definition) is 0. The summed E-state index contributed by atoms with van der Waals surface area (Å²) < 4.78 is 0. The van der Waals surface area contributed by atoms with E-state index in [0.717, 1.165) is 11.8 Å². The van der Waals surface area contributed by atoms with Crippen molar-refractivity contribution in [3.63, 3.8) is 0 Å². The maximum atomic E-state index is 3.00. The van der Waals surface area contributed by atoms with Crippen molar-refractivity contribution < 1.29 is 0 Å². The molecule has 11 heavy (non-hydrogen) atoms. The van der Waals surface area contributed by atoms with Crippen LogP contribution in [0.25, 0.3) is 0 Å². The van der Waals surface area contributed by atoms with Gasteiger partial charge in [0.25, 0.3) is 0 Å². The molecule has 0 bridgehead atoms. The molecule has 1 fully saturated rings. The molecular weight excluding hydrogens is 132 g/mol. The fourth-order valence-electron chi connectivity index (χ4n) is 0.508. The van der Waals surface area contributed by atoms with Gasteiger partial charge in [-0.05, 0) is 18.3 Å². The third kappa shape index (κ3) is 17.7. The largest absolute Gasteiger partial charge is 0.106 e. The van der Waals surface area contributed by atoms with E-state index in [1.54, 1.807) is 0 Å². The minimum Gasteiger partial charge on any atom is -0.106 e. The molecule has 0 aromatic rings. The van der Waals surface area contributed by atoms with Gasteiger partial charge in [-0.2, -0.15) is 0 Å². The van der Waals surface area contributed by atoms with Crippen LogP contribution in [0.1, 0.15) is 48.0 Å². The smallest absolute Gasteiger partial charge is 0.0414 e. The fourth-order valence-corrected chi connectivity index (χ4v) is 0.508. The quantitative estimate of drug-likeness (QED) is 0.455. The van der Waals surface area contributed by atoms with E-state index in [1.165, 1.54) is 6.42 Å². The van der Waals surface area contributed by atoms with Crippen molar-refractivity contribution in [2.24, 2.45) is 11.8 Å². The average Bonchev–Trinajstić information content (AvgIpc) is 2.76. The van der Waals surface area contributed by atoms with Gasteiger partial charge in [-0.1, -0.05) is 41.5 Å². The van der Waals surface area contributed by atoms with Gasteiger partial charge >= 0.3 is 0 Å². The Kier molecular flexibility index (Phi) is 25.3. The molecule has 2 atom stereocenters. The SMILES string of the molecule is C=C.CC.CC.CC1CC1C. The Morgan fingerprint density at radius 1 is 0.818 bits per heavy atom. The average molecular weight is 158 g/mol. The molecule has 0 amide bonds. The molecule has 1 aliphatic rings. The summed E-state index contributed by atoms with van der Waals surface area (Å²) in [6.45, 7) is 18.6. The fraction of sp³-hybridized carbons (Fsp3) is 0.818. The minimum absolute atomic E-state index is 1.05. The molecule has 70 valence electrons. The highest BCUT2D eigenvalue weighted by molar-refractivity contribution is 4.76. The predicted octanol–water partition coefficient (Wildman–Crippen LogP) is 4.52. The molecule has 0 aliphatic heterocycles. The lowest BCUT2D eigenvalue weighted by molar-refractivity contribution is 0.834. The first-order valence-corrected chi connectivity index (χ1v) is 4.80. The zero-order valence-electron chi connectivity index (χ0n) is 9.28. The van der Waals surface area contributed by atoms with Crippen molar-refractivity contribution in [3.8, 4) is 0 Å². The molecule has 0 heteroatoms. The van der Waals surface area contributed by atoms with Crippen LogP contribution in [0.15, 0.2) is 13.2 Å². The van der Waals surface area contributed by atoms with Crippen LogP contribution >= 0.6 is 0 Å². The van der Waals surface area contributed by atoms with Crippen molar-refractivity contribution in [2.75, 3.05) is 0 Å². The second-order valence-electron chi connectivity index (χ2n) is 2.19. The normalized spacial score (nSPS) is 23.8. The van der Waals surface area contributed by atoms with Gasteiger partial charge in [0.05, 0.1) is 0 Å². The molecule has 1 saturated carbocycles. The molecule has 0 saturated heterocycles. The molecular formula is C11H26. The Morgan fingerprint density at radius 3 is 0.909 bits per heavy atom. The van der Waals surface area contributed by atoms with Gasteiger partial charge < -0.3 is 0 Å². The Labute approximate surface area is 73.7 Å². The van der Waals surface area contributed by atoms with Gasteiger partial charge in [0, 0.05) is 0 Å². The second kappa shape index (κ2) is 16.4. The Bertz CT molecular complexity index is 42.0. The summed E-state index contributed by atoms with van der Waals surface area (Å²) in [5.74, 6) is 2.10. The molecule has 0 radical (unpaired) electrons. The van der Waals surface area contributed by atoms with E-state index in [0.29, 0.717) is 0 Å². The van der Waals surface area contributed by atoms with Crippen LogP contribution in [-0.4, -0.2) is 0 Å². The van der Waals surface area contributed by atoms with Gasteiger partial charge in [-0.3, -0.25) is 0 Å². The van der Waals surface area contributed by atoms with E-state index >= 15 is 0 Å². The summed E-state index contributed by atoms with van der Waals surface area (Å²) in [6, 6.07) is 0. The standard InChI is InChI=1S/C5H10.2C2H6.C2H4/c1-4-3-5(4)2;3*1-2/h4-5H,3H2,1-2H3;2*1-2H3;1-2H2. The summed E-state index contributed by atoms with van der Waals surface area (Å²) in [5, 5.41) is 0. The first-order chi connectivity index (χ1) is 5.30. The summed E-state index contributed by atoms with van der Waals surface area (Å²) in [5.41, 5.74) is 0. The van der Waals surface area contributed by atoms with Crippen molar-refractivity contribution in [1.29, 1.82) is 0 Å². The highest BCUT2D eigenvalue weighted by Crippen LogP contribution is 2.36. The van der Waals surface area contributed by atoms with E-state index < -0.39 is 0 Å². The topological polar surface area (TPSA) is 0 Å². The monoisotopic (exact) mass is 158 g/mol. The number of hydrogen-bond acceptors (Lipinski definition) is 0. The lowest BCUT2D eigenvalue weighted by atomic mass is 10.4. The molecule has 0 aromatic heterocycles. The molecule has 1 aliphatic carbocycles. The first kappa shape index (κ1) is 17.0. The minimum atomic E-state index is 1.05. The highest BCUT2D eigenvalue weighted by atomic mass is 14.3. The zero-order valence-corrected chi connectivity index (χ0v) is 9.28. The van der Waals surface area contributed by atoms with Crippen molar-refractivity contribution in [3.05, 3.63) is 13.2 Å². The van der Waals surface area contributed by atoms with Gasteiger partial charge in [-0.25, -0.2) is 0 Å². The maximum absolute atomic E-state index is 3.00. The van der Waals surface area contributed by atoms with Crippen LogP contribution in [0, 0.1) is 11.8 Å². The third-order valence-corrected chi connectivity index (χ3v) is 1.51. The maximum Gasteiger partial charge on any atom is -0.0414 e. The van der Waals surface area contributed by atoms with Crippen molar-refractivity contribution in [1.82, 2.24) is 0 Å². The summed E-state index contributed by atoms with van der Waals surface area (Å²) in [6.07, 6.45) is 1.47. The van der Waals surface area contributed by atoms with E-state index in [2.05, 4.69) is 27.0 Å². The van der Waals surface area contributed by atoms with E-state index in [9.17, 15) is 0 Å². The highest BCUT2D eigenvalue weighted by Gasteiger charge is 2.26. The van der Waals surface area contributed by atoms with Crippen LogP contribution in [0.4, 0.5) is 0 Å². The summed E-state index contributed by atoms with van der Waals surface area (Å²) in [7, 11) is 0. The van der Waals surface area contributed by atoms with Crippen molar-refractivity contribution >= 4 is 0 Å². The third-order valence-electron chi connectivity index (χ3n) is 1.51. The molecule has 0 heterocycles. The second-order valence-corrected chi connectivity index (χ2v) is 2.19.